The summed E-state index contributed by atoms with van der Waals surface area (Å²) < 4.78 is 23.9. The standard InChI is InChI=1S/C9H17F2N3/c1-7(2)13-8(4-12)5-14(3)6-9(10)11/h7-9,13H,5-6H2,1-3H3. The Morgan fingerprint density at radius 3 is 2.29 bits per heavy atom. The first-order valence-electron chi connectivity index (χ1n) is 4.58. The molecular formula is C9H17F2N3. The molecule has 1 unspecified atom stereocenters. The fourth-order valence-electron chi connectivity index (χ4n) is 1.15. The fraction of sp³-hybridized carbons (Fsp3) is 0.889. The molecule has 3 nitrogen and oxygen atoms in total. The zero-order chi connectivity index (χ0) is 11.1. The van der Waals surface area contributed by atoms with E-state index in [0.29, 0.717) is 6.54 Å². The van der Waals surface area contributed by atoms with Crippen LogP contribution >= 0.6 is 0 Å². The van der Waals surface area contributed by atoms with Crippen molar-refractivity contribution in [2.45, 2.75) is 32.4 Å². The van der Waals surface area contributed by atoms with Crippen LogP contribution in [0.4, 0.5) is 8.78 Å². The highest BCUT2D eigenvalue weighted by molar-refractivity contribution is 4.92. The van der Waals surface area contributed by atoms with Crippen molar-refractivity contribution in [3.8, 4) is 6.07 Å². The first-order valence-corrected chi connectivity index (χ1v) is 4.58. The zero-order valence-corrected chi connectivity index (χ0v) is 8.80. The molecule has 14 heavy (non-hydrogen) atoms. The third-order valence-electron chi connectivity index (χ3n) is 1.63. The van der Waals surface area contributed by atoms with Crippen LogP contribution in [-0.4, -0.2) is 43.5 Å². The van der Waals surface area contributed by atoms with Gasteiger partial charge in [0.1, 0.15) is 6.04 Å². The van der Waals surface area contributed by atoms with E-state index < -0.39 is 12.5 Å². The minimum absolute atomic E-state index is 0.180. The molecule has 0 saturated heterocycles. The molecule has 0 bridgehead atoms. The molecule has 1 atom stereocenters. The van der Waals surface area contributed by atoms with Gasteiger partial charge in [0.2, 0.25) is 0 Å². The predicted octanol–water partition coefficient (Wildman–Crippen LogP) is 1.07. The van der Waals surface area contributed by atoms with Crippen LogP contribution < -0.4 is 5.32 Å². The Kier molecular flexibility index (Phi) is 6.34. The zero-order valence-electron chi connectivity index (χ0n) is 8.80. The van der Waals surface area contributed by atoms with E-state index in [1.807, 2.05) is 19.9 Å². The van der Waals surface area contributed by atoms with Crippen molar-refractivity contribution in [3.63, 3.8) is 0 Å². The lowest BCUT2D eigenvalue weighted by Gasteiger charge is -2.21. The van der Waals surface area contributed by atoms with Crippen LogP contribution in [0.5, 0.6) is 0 Å². The van der Waals surface area contributed by atoms with Crippen molar-refractivity contribution in [2.75, 3.05) is 20.1 Å². The summed E-state index contributed by atoms with van der Waals surface area (Å²) in [6, 6.07) is 1.83. The van der Waals surface area contributed by atoms with Gasteiger partial charge in [-0.2, -0.15) is 5.26 Å². The van der Waals surface area contributed by atoms with Gasteiger partial charge in [-0.1, -0.05) is 0 Å². The minimum atomic E-state index is -2.35. The topological polar surface area (TPSA) is 39.1 Å². The van der Waals surface area contributed by atoms with Gasteiger partial charge >= 0.3 is 0 Å². The van der Waals surface area contributed by atoms with Gasteiger partial charge in [0.05, 0.1) is 12.6 Å². The van der Waals surface area contributed by atoms with Crippen LogP contribution in [0.25, 0.3) is 0 Å². The number of hydrogen-bond acceptors (Lipinski definition) is 3. The van der Waals surface area contributed by atoms with E-state index in [9.17, 15) is 8.78 Å². The van der Waals surface area contributed by atoms with Crippen molar-refractivity contribution >= 4 is 0 Å². The second-order valence-corrected chi connectivity index (χ2v) is 3.62. The normalized spacial score (nSPS) is 13.6. The minimum Gasteiger partial charge on any atom is -0.299 e. The van der Waals surface area contributed by atoms with Gasteiger partial charge in [0.15, 0.2) is 0 Å². The molecule has 0 fully saturated rings. The molecule has 0 aromatic rings. The van der Waals surface area contributed by atoms with Crippen molar-refractivity contribution in [2.24, 2.45) is 0 Å². The Labute approximate surface area is 83.7 Å². The quantitative estimate of drug-likeness (QED) is 0.705. The molecule has 82 valence electrons. The summed E-state index contributed by atoms with van der Waals surface area (Å²) in [5.41, 5.74) is 0. The largest absolute Gasteiger partial charge is 0.299 e. The summed E-state index contributed by atoms with van der Waals surface area (Å²) in [6.07, 6.45) is -2.35. The number of nitrogens with zero attached hydrogens (tertiary/aromatic N) is 2. The van der Waals surface area contributed by atoms with E-state index in [2.05, 4.69) is 5.32 Å². The summed E-state index contributed by atoms with van der Waals surface area (Å²) in [5.74, 6) is 0. The SMILES string of the molecule is CC(C)NC(C#N)CN(C)CC(F)F. The summed E-state index contributed by atoms with van der Waals surface area (Å²) >= 11 is 0. The highest BCUT2D eigenvalue weighted by Gasteiger charge is 2.14. The first-order chi connectivity index (χ1) is 6.45. The number of halogens is 2. The third-order valence-corrected chi connectivity index (χ3v) is 1.63. The molecular weight excluding hydrogens is 188 g/mol. The number of hydrogen-bond donors (Lipinski definition) is 1. The highest BCUT2D eigenvalue weighted by Crippen LogP contribution is 1.97. The molecule has 0 aliphatic rings. The van der Waals surface area contributed by atoms with Crippen LogP contribution in [0.3, 0.4) is 0 Å². The molecule has 0 aromatic heterocycles. The summed E-state index contributed by atoms with van der Waals surface area (Å²) in [5, 5.41) is 11.7. The fourth-order valence-corrected chi connectivity index (χ4v) is 1.15. The van der Waals surface area contributed by atoms with E-state index in [0.717, 1.165) is 0 Å². The van der Waals surface area contributed by atoms with Crippen molar-refractivity contribution in [1.82, 2.24) is 10.2 Å². The maximum absolute atomic E-state index is 12.0. The van der Waals surface area contributed by atoms with E-state index in [-0.39, 0.29) is 12.6 Å². The first kappa shape index (κ1) is 13.3. The third kappa shape index (κ3) is 6.75. The van der Waals surface area contributed by atoms with E-state index in [1.165, 1.54) is 4.90 Å². The molecule has 0 radical (unpaired) electrons. The Hall–Kier alpha value is -0.730. The Morgan fingerprint density at radius 2 is 1.93 bits per heavy atom. The lowest BCUT2D eigenvalue weighted by Crippen LogP contribution is -2.42. The summed E-state index contributed by atoms with van der Waals surface area (Å²) in [7, 11) is 1.58. The lowest BCUT2D eigenvalue weighted by molar-refractivity contribution is 0.0980. The smallest absolute Gasteiger partial charge is 0.251 e. The van der Waals surface area contributed by atoms with Crippen LogP contribution in [-0.2, 0) is 0 Å². The second-order valence-electron chi connectivity index (χ2n) is 3.62. The van der Waals surface area contributed by atoms with Crippen LogP contribution in [0.1, 0.15) is 13.8 Å². The van der Waals surface area contributed by atoms with Gasteiger partial charge in [0, 0.05) is 12.6 Å². The van der Waals surface area contributed by atoms with Gasteiger partial charge in [-0.05, 0) is 20.9 Å². The van der Waals surface area contributed by atoms with Crippen LogP contribution in [0.2, 0.25) is 0 Å². The number of nitrogens with one attached hydrogen (secondary N) is 1. The number of likely N-dealkylation sites (N-methyl/N-ethyl adjacent to an activating group) is 1. The molecule has 0 heterocycles. The van der Waals surface area contributed by atoms with Gasteiger partial charge in [-0.15, -0.1) is 0 Å². The Morgan fingerprint density at radius 1 is 1.36 bits per heavy atom. The molecule has 0 rings (SSSR count). The van der Waals surface area contributed by atoms with Crippen molar-refractivity contribution in [3.05, 3.63) is 0 Å². The van der Waals surface area contributed by atoms with Gasteiger partial charge in [0.25, 0.3) is 6.43 Å². The second kappa shape index (κ2) is 6.68. The molecule has 0 aliphatic carbocycles. The Bertz CT molecular complexity index is 189. The van der Waals surface area contributed by atoms with Crippen LogP contribution in [0.15, 0.2) is 0 Å². The van der Waals surface area contributed by atoms with E-state index in [4.69, 9.17) is 5.26 Å². The lowest BCUT2D eigenvalue weighted by atomic mass is 10.2. The maximum atomic E-state index is 12.0. The average Bonchev–Trinajstić information content (AvgIpc) is 2.00. The van der Waals surface area contributed by atoms with Gasteiger partial charge in [-0.3, -0.25) is 10.2 Å². The summed E-state index contributed by atoms with van der Waals surface area (Å²) in [6.45, 7) is 3.85. The average molecular weight is 205 g/mol. The molecule has 0 aliphatic heterocycles. The molecule has 0 spiro atoms. The summed E-state index contributed by atoms with van der Waals surface area (Å²) in [4.78, 5) is 1.45. The molecule has 0 aromatic carbocycles. The number of rotatable bonds is 6. The van der Waals surface area contributed by atoms with Gasteiger partial charge < -0.3 is 0 Å². The van der Waals surface area contributed by atoms with E-state index in [1.54, 1.807) is 7.05 Å². The van der Waals surface area contributed by atoms with E-state index >= 15 is 0 Å². The van der Waals surface area contributed by atoms with Crippen molar-refractivity contribution < 1.29 is 8.78 Å². The number of alkyl halides is 2. The monoisotopic (exact) mass is 205 g/mol. The molecule has 5 heteroatoms. The highest BCUT2D eigenvalue weighted by atomic mass is 19.3. The maximum Gasteiger partial charge on any atom is 0.251 e. The predicted molar refractivity (Wildman–Crippen MR) is 51.2 cm³/mol. The Balaban J connectivity index is 3.87. The van der Waals surface area contributed by atoms with Crippen molar-refractivity contribution in [1.29, 1.82) is 5.26 Å². The molecule has 0 saturated carbocycles. The van der Waals surface area contributed by atoms with Gasteiger partial charge in [-0.25, -0.2) is 8.78 Å². The molecule has 1 N–H and O–H groups in total. The van der Waals surface area contributed by atoms with Crippen LogP contribution in [0, 0.1) is 11.3 Å². The number of nitriles is 1. The molecule has 0 amide bonds.